The summed E-state index contributed by atoms with van der Waals surface area (Å²) in [5.74, 6) is 1.08. The van der Waals surface area contributed by atoms with Crippen molar-refractivity contribution in [2.45, 2.75) is 62.1 Å². The van der Waals surface area contributed by atoms with Gasteiger partial charge in [0.1, 0.15) is 6.61 Å². The molecule has 0 aliphatic carbocycles. The molecule has 2 aromatic rings. The summed E-state index contributed by atoms with van der Waals surface area (Å²) in [5, 5.41) is 6.43. The summed E-state index contributed by atoms with van der Waals surface area (Å²) in [6, 6.07) is 20.1. The minimum absolute atomic E-state index is 0.186. The molecule has 1 aliphatic heterocycles. The van der Waals surface area contributed by atoms with Gasteiger partial charge in [-0.25, -0.2) is 4.79 Å². The summed E-state index contributed by atoms with van der Waals surface area (Å²) in [6.45, 7) is 6.18. The second-order valence-corrected chi connectivity index (χ2v) is 10.2. The van der Waals surface area contributed by atoms with Gasteiger partial charge in [0.05, 0.1) is 6.04 Å². The van der Waals surface area contributed by atoms with Gasteiger partial charge in [-0.3, -0.25) is 4.79 Å². The van der Waals surface area contributed by atoms with Crippen LogP contribution < -0.4 is 10.6 Å². The van der Waals surface area contributed by atoms with Crippen molar-refractivity contribution in [1.29, 1.82) is 0 Å². The highest BCUT2D eigenvalue weighted by Crippen LogP contribution is 2.19. The zero-order valence-corrected chi connectivity index (χ0v) is 21.9. The third-order valence-corrected chi connectivity index (χ3v) is 7.28. The van der Waals surface area contributed by atoms with E-state index < -0.39 is 6.09 Å². The average molecular weight is 510 g/mol. The molecule has 1 heterocycles. The van der Waals surface area contributed by atoms with Gasteiger partial charge in [0.25, 0.3) is 0 Å². The maximum Gasteiger partial charge on any atom is 0.407 e. The lowest BCUT2D eigenvalue weighted by Crippen LogP contribution is -2.46. The summed E-state index contributed by atoms with van der Waals surface area (Å²) in [6.07, 6.45) is 6.84. The number of carbonyl (C=O) groups is 2. The van der Waals surface area contributed by atoms with Crippen LogP contribution in [-0.4, -0.2) is 54.4 Å². The topological polar surface area (TPSA) is 70.7 Å². The van der Waals surface area contributed by atoms with Crippen LogP contribution in [0.15, 0.2) is 78.2 Å². The molecule has 0 radical (unpaired) electrons. The van der Waals surface area contributed by atoms with Crippen molar-refractivity contribution in [2.24, 2.45) is 0 Å². The number of nitrogens with zero attached hydrogens (tertiary/aromatic N) is 1. The highest BCUT2D eigenvalue weighted by atomic mass is 32.2. The molecule has 2 amide bonds. The van der Waals surface area contributed by atoms with Crippen LogP contribution in [0.3, 0.4) is 0 Å². The van der Waals surface area contributed by atoms with Gasteiger partial charge in [0.2, 0.25) is 5.91 Å². The molecule has 0 bridgehead atoms. The molecular weight excluding hydrogens is 470 g/mol. The Morgan fingerprint density at radius 1 is 1.11 bits per heavy atom. The first kappa shape index (κ1) is 27.8. The van der Waals surface area contributed by atoms with E-state index in [1.165, 1.54) is 4.90 Å². The van der Waals surface area contributed by atoms with Crippen LogP contribution in [0.25, 0.3) is 0 Å². The summed E-state index contributed by atoms with van der Waals surface area (Å²) < 4.78 is 5.26. The molecule has 2 atom stereocenters. The first-order valence-corrected chi connectivity index (χ1v) is 13.9. The second kappa shape index (κ2) is 16.1. The summed E-state index contributed by atoms with van der Waals surface area (Å²) in [5.41, 5.74) is 0.961. The van der Waals surface area contributed by atoms with Crippen LogP contribution in [0.4, 0.5) is 4.79 Å². The molecule has 1 fully saturated rings. The van der Waals surface area contributed by atoms with Crippen LogP contribution in [0, 0.1) is 0 Å². The minimum Gasteiger partial charge on any atom is -0.445 e. The molecule has 0 spiro atoms. The number of hydrogen-bond acceptors (Lipinski definition) is 5. The smallest absolute Gasteiger partial charge is 0.407 e. The lowest BCUT2D eigenvalue weighted by molar-refractivity contribution is -0.132. The Hall–Kier alpha value is -2.77. The molecule has 2 N–H and O–H groups in total. The summed E-state index contributed by atoms with van der Waals surface area (Å²) >= 11 is 1.79. The lowest BCUT2D eigenvalue weighted by atomic mass is 10.0. The number of rotatable bonds is 14. The SMILES string of the molecule is C=CCC[C@@H]1CCN(CCSc2ccccc2)C(=O)[C@H](CCCCNC(=O)OCc2ccccc2)N1. The van der Waals surface area contributed by atoms with Gasteiger partial charge < -0.3 is 20.3 Å². The Bertz CT molecular complexity index is 926. The molecule has 194 valence electrons. The Labute approximate surface area is 219 Å². The molecule has 7 heteroatoms. The number of hydrogen-bond donors (Lipinski definition) is 2. The van der Waals surface area contributed by atoms with Gasteiger partial charge in [-0.15, -0.1) is 18.3 Å². The predicted molar refractivity (Wildman–Crippen MR) is 147 cm³/mol. The van der Waals surface area contributed by atoms with Crippen molar-refractivity contribution in [3.05, 3.63) is 78.9 Å². The van der Waals surface area contributed by atoms with Crippen LogP contribution in [0.2, 0.25) is 0 Å². The number of unbranched alkanes of at least 4 members (excludes halogenated alkanes) is 1. The van der Waals surface area contributed by atoms with Crippen LogP contribution in [0.1, 0.15) is 44.1 Å². The molecule has 2 aromatic carbocycles. The Morgan fingerprint density at radius 2 is 1.86 bits per heavy atom. The highest BCUT2D eigenvalue weighted by Gasteiger charge is 2.29. The van der Waals surface area contributed by atoms with E-state index >= 15 is 0 Å². The van der Waals surface area contributed by atoms with Gasteiger partial charge in [0.15, 0.2) is 0 Å². The molecule has 36 heavy (non-hydrogen) atoms. The van der Waals surface area contributed by atoms with Crippen LogP contribution in [0.5, 0.6) is 0 Å². The van der Waals surface area contributed by atoms with E-state index in [0.29, 0.717) is 12.6 Å². The van der Waals surface area contributed by atoms with Gasteiger partial charge in [0, 0.05) is 36.3 Å². The maximum atomic E-state index is 13.3. The zero-order chi connectivity index (χ0) is 25.4. The fourth-order valence-corrected chi connectivity index (χ4v) is 5.18. The maximum absolute atomic E-state index is 13.3. The van der Waals surface area contributed by atoms with Crippen molar-refractivity contribution >= 4 is 23.8 Å². The van der Waals surface area contributed by atoms with Crippen molar-refractivity contribution in [3.63, 3.8) is 0 Å². The van der Waals surface area contributed by atoms with E-state index in [1.54, 1.807) is 11.8 Å². The summed E-state index contributed by atoms with van der Waals surface area (Å²) in [4.78, 5) is 28.6. The standard InChI is InChI=1S/C29H39N3O3S/c1-2-3-14-25-18-20-32(21-22-36-26-15-8-5-9-16-26)28(33)27(31-25)17-10-11-19-30-29(34)35-23-24-12-6-4-7-13-24/h2,4-9,12-13,15-16,25,27,31H,1,3,10-11,14,17-23H2,(H,30,34)/t25-,27+/m1/s1. The summed E-state index contributed by atoms with van der Waals surface area (Å²) in [7, 11) is 0. The van der Waals surface area contributed by atoms with E-state index in [2.05, 4.69) is 29.3 Å². The number of carbonyl (C=O) groups excluding carboxylic acids is 2. The fourth-order valence-electron chi connectivity index (χ4n) is 4.29. The normalized spacial score (nSPS) is 17.9. The van der Waals surface area contributed by atoms with E-state index in [4.69, 9.17) is 4.74 Å². The zero-order valence-electron chi connectivity index (χ0n) is 21.1. The van der Waals surface area contributed by atoms with Crippen molar-refractivity contribution < 1.29 is 14.3 Å². The third kappa shape index (κ3) is 10.1. The number of alkyl carbamates (subject to hydrolysis) is 1. The van der Waals surface area contributed by atoms with Crippen LogP contribution >= 0.6 is 11.8 Å². The van der Waals surface area contributed by atoms with Gasteiger partial charge in [-0.2, -0.15) is 0 Å². The molecule has 1 aliphatic rings. The molecular formula is C29H39N3O3S. The molecule has 3 rings (SSSR count). The van der Waals surface area contributed by atoms with E-state index in [9.17, 15) is 9.59 Å². The number of nitrogens with one attached hydrogen (secondary N) is 2. The van der Waals surface area contributed by atoms with Crippen LogP contribution in [-0.2, 0) is 16.1 Å². The number of thioether (sulfide) groups is 1. The Balaban J connectivity index is 1.41. The monoisotopic (exact) mass is 509 g/mol. The number of benzene rings is 2. The Morgan fingerprint density at radius 3 is 2.61 bits per heavy atom. The largest absolute Gasteiger partial charge is 0.445 e. The van der Waals surface area contributed by atoms with Gasteiger partial charge in [-0.05, 0) is 56.2 Å². The van der Waals surface area contributed by atoms with Crippen molar-refractivity contribution in [1.82, 2.24) is 15.5 Å². The van der Waals surface area contributed by atoms with E-state index in [1.807, 2.05) is 59.5 Å². The number of allylic oxidation sites excluding steroid dienone is 1. The molecule has 6 nitrogen and oxygen atoms in total. The third-order valence-electron chi connectivity index (χ3n) is 6.29. The fraction of sp³-hybridized carbons (Fsp3) is 0.448. The second-order valence-electron chi connectivity index (χ2n) is 9.04. The van der Waals surface area contributed by atoms with Crippen molar-refractivity contribution in [2.75, 3.05) is 25.4 Å². The molecule has 0 saturated carbocycles. The highest BCUT2D eigenvalue weighted by molar-refractivity contribution is 7.99. The van der Waals surface area contributed by atoms with Gasteiger partial charge in [-0.1, -0.05) is 54.6 Å². The molecule has 0 unspecified atom stereocenters. The minimum atomic E-state index is -0.408. The van der Waals surface area contributed by atoms with Gasteiger partial charge >= 0.3 is 6.09 Å². The molecule has 0 aromatic heterocycles. The van der Waals surface area contributed by atoms with Crippen molar-refractivity contribution in [3.8, 4) is 0 Å². The average Bonchev–Trinajstić information content (AvgIpc) is 3.06. The Kier molecular flexibility index (Phi) is 12.4. The molecule has 1 saturated heterocycles. The number of amides is 2. The first-order chi connectivity index (χ1) is 17.7. The lowest BCUT2D eigenvalue weighted by Gasteiger charge is -2.24. The predicted octanol–water partition coefficient (Wildman–Crippen LogP) is 5.40. The number of ether oxygens (including phenoxy) is 1. The van der Waals surface area contributed by atoms with E-state index in [-0.39, 0.29) is 18.6 Å². The first-order valence-electron chi connectivity index (χ1n) is 12.9. The quantitative estimate of drug-likeness (QED) is 0.203. The van der Waals surface area contributed by atoms with E-state index in [0.717, 1.165) is 62.9 Å².